The van der Waals surface area contributed by atoms with Crippen LogP contribution in [0.2, 0.25) is 0 Å². The molecular weight excluding hydrogens is 360 g/mol. The fraction of sp³-hybridized carbons (Fsp3) is 0.100. The van der Waals surface area contributed by atoms with E-state index in [2.05, 4.69) is 9.97 Å². The second kappa shape index (κ2) is 6.51. The fourth-order valence-corrected chi connectivity index (χ4v) is 4.21. The Labute approximate surface area is 158 Å². The summed E-state index contributed by atoms with van der Waals surface area (Å²) >= 11 is 0. The van der Waals surface area contributed by atoms with Crippen molar-refractivity contribution in [1.82, 2.24) is 17.9 Å². The van der Waals surface area contributed by atoms with E-state index in [-0.39, 0.29) is 0 Å². The Morgan fingerprint density at radius 3 is 1.41 bits per heavy atom. The van der Waals surface area contributed by atoms with Gasteiger partial charge in [-0.3, -0.25) is 0 Å². The van der Waals surface area contributed by atoms with E-state index in [1.165, 1.54) is 32.7 Å². The lowest BCUT2D eigenvalue weighted by Gasteiger charge is -2.13. The molecule has 27 heavy (non-hydrogen) atoms. The molecule has 0 amide bonds. The van der Waals surface area contributed by atoms with Crippen LogP contribution < -0.4 is 0 Å². The van der Waals surface area contributed by atoms with Gasteiger partial charge < -0.3 is 0 Å². The lowest BCUT2D eigenvalue weighted by atomic mass is 10.1. The number of hydrogen-bond acceptors (Lipinski definition) is 4. The summed E-state index contributed by atoms with van der Waals surface area (Å²) in [7, 11) is -3.92. The van der Waals surface area contributed by atoms with Gasteiger partial charge in [-0.1, -0.05) is 59.7 Å². The summed E-state index contributed by atoms with van der Waals surface area (Å²) < 4.78 is 29.0. The second-order valence-corrected chi connectivity index (χ2v) is 8.02. The molecule has 136 valence electrons. The molecular formula is C20H18N4O2S. The van der Waals surface area contributed by atoms with Crippen LogP contribution in [0.25, 0.3) is 22.8 Å². The molecule has 2 heterocycles. The molecule has 0 saturated heterocycles. The van der Waals surface area contributed by atoms with E-state index in [4.69, 9.17) is 0 Å². The predicted octanol–water partition coefficient (Wildman–Crippen LogP) is 3.67. The van der Waals surface area contributed by atoms with E-state index >= 15 is 0 Å². The van der Waals surface area contributed by atoms with Crippen LogP contribution in [0.1, 0.15) is 11.1 Å². The highest BCUT2D eigenvalue weighted by Gasteiger charge is 2.23. The van der Waals surface area contributed by atoms with Crippen LogP contribution in [0.3, 0.4) is 0 Å². The molecule has 7 heteroatoms. The van der Waals surface area contributed by atoms with Crippen LogP contribution in [0, 0.1) is 13.8 Å². The molecule has 4 aromatic rings. The summed E-state index contributed by atoms with van der Waals surface area (Å²) in [5, 5.41) is 0. The minimum absolute atomic E-state index is 0.360. The highest BCUT2D eigenvalue weighted by Crippen LogP contribution is 2.24. The van der Waals surface area contributed by atoms with Gasteiger partial charge in [0.2, 0.25) is 0 Å². The summed E-state index contributed by atoms with van der Waals surface area (Å²) in [6, 6.07) is 15.1. The number of benzene rings is 2. The predicted molar refractivity (Wildman–Crippen MR) is 105 cm³/mol. The van der Waals surface area contributed by atoms with Crippen LogP contribution in [0.4, 0.5) is 0 Å². The van der Waals surface area contributed by atoms with Crippen molar-refractivity contribution in [3.05, 3.63) is 84.4 Å². The van der Waals surface area contributed by atoms with Gasteiger partial charge in [-0.25, -0.2) is 17.9 Å². The van der Waals surface area contributed by atoms with Gasteiger partial charge in [0.15, 0.2) is 11.6 Å². The zero-order valence-corrected chi connectivity index (χ0v) is 15.8. The minimum Gasteiger partial charge on any atom is -0.236 e. The van der Waals surface area contributed by atoms with Crippen molar-refractivity contribution in [2.75, 3.05) is 0 Å². The molecule has 4 rings (SSSR count). The van der Waals surface area contributed by atoms with Crippen molar-refractivity contribution >= 4 is 10.2 Å². The first-order chi connectivity index (χ1) is 13.0. The van der Waals surface area contributed by atoms with Gasteiger partial charge in [-0.15, -0.1) is 0 Å². The number of hydrogen-bond donors (Lipinski definition) is 0. The van der Waals surface area contributed by atoms with Gasteiger partial charge in [-0.2, -0.15) is 8.42 Å². The largest absolute Gasteiger partial charge is 0.336 e. The smallest absolute Gasteiger partial charge is 0.236 e. The highest BCUT2D eigenvalue weighted by molar-refractivity contribution is 7.88. The highest BCUT2D eigenvalue weighted by atomic mass is 32.2. The molecule has 0 unspecified atom stereocenters. The first-order valence-electron chi connectivity index (χ1n) is 8.44. The van der Waals surface area contributed by atoms with Gasteiger partial charge in [-0.05, 0) is 13.8 Å². The third kappa shape index (κ3) is 3.06. The van der Waals surface area contributed by atoms with Crippen LogP contribution >= 0.6 is 0 Å². The Hall–Kier alpha value is -3.19. The quantitative estimate of drug-likeness (QED) is 0.543. The Morgan fingerprint density at radius 2 is 1.04 bits per heavy atom. The van der Waals surface area contributed by atoms with Gasteiger partial charge in [0.25, 0.3) is 0 Å². The number of nitrogens with zero attached hydrogens (tertiary/aromatic N) is 4. The first kappa shape index (κ1) is 17.2. The van der Waals surface area contributed by atoms with Crippen molar-refractivity contribution in [2.45, 2.75) is 13.8 Å². The van der Waals surface area contributed by atoms with Gasteiger partial charge in [0, 0.05) is 35.9 Å². The van der Waals surface area contributed by atoms with Gasteiger partial charge in [0.1, 0.15) is 0 Å². The lowest BCUT2D eigenvalue weighted by Crippen LogP contribution is -2.22. The fourth-order valence-electron chi connectivity index (χ4n) is 2.86. The number of rotatable bonds is 4. The average molecular weight is 378 g/mol. The molecule has 0 spiro atoms. The number of aryl methyl sites for hydroxylation is 2. The topological polar surface area (TPSA) is 69.8 Å². The van der Waals surface area contributed by atoms with Crippen LogP contribution in [-0.4, -0.2) is 26.3 Å². The normalized spacial score (nSPS) is 11.6. The van der Waals surface area contributed by atoms with Crippen molar-refractivity contribution in [3.8, 4) is 22.8 Å². The summed E-state index contributed by atoms with van der Waals surface area (Å²) in [6.07, 6.45) is 5.86. The Balaban J connectivity index is 1.83. The third-order valence-corrected chi connectivity index (χ3v) is 5.92. The van der Waals surface area contributed by atoms with E-state index < -0.39 is 10.2 Å². The molecule has 0 atom stereocenters. The van der Waals surface area contributed by atoms with Crippen molar-refractivity contribution < 1.29 is 8.42 Å². The summed E-state index contributed by atoms with van der Waals surface area (Å²) in [5.41, 5.74) is 3.64. The molecule has 0 aliphatic heterocycles. The Bertz CT molecular complexity index is 1100. The molecule has 0 saturated carbocycles. The van der Waals surface area contributed by atoms with E-state index in [0.717, 1.165) is 22.3 Å². The molecule has 6 nitrogen and oxygen atoms in total. The van der Waals surface area contributed by atoms with E-state index in [9.17, 15) is 8.42 Å². The molecule has 0 aliphatic carbocycles. The summed E-state index contributed by atoms with van der Waals surface area (Å²) in [5.74, 6) is 0.720. The molecule has 0 N–H and O–H groups in total. The van der Waals surface area contributed by atoms with E-state index in [1.807, 2.05) is 62.4 Å². The van der Waals surface area contributed by atoms with Crippen molar-refractivity contribution in [3.63, 3.8) is 0 Å². The third-order valence-electron chi connectivity index (χ3n) is 4.33. The van der Waals surface area contributed by atoms with Crippen LogP contribution in [0.15, 0.2) is 73.3 Å². The van der Waals surface area contributed by atoms with Crippen LogP contribution in [0.5, 0.6) is 0 Å². The Morgan fingerprint density at radius 1 is 0.667 bits per heavy atom. The second-order valence-electron chi connectivity index (χ2n) is 6.33. The average Bonchev–Trinajstić information content (AvgIpc) is 3.33. The number of aromatic nitrogens is 4. The molecule has 2 aromatic carbocycles. The molecule has 0 bridgehead atoms. The zero-order chi connectivity index (χ0) is 19.0. The SMILES string of the molecule is Cc1ccc(-c2nccn2S(=O)(=O)n2ccnc2-c2ccc(C)cc2)cc1. The Kier molecular flexibility index (Phi) is 4.16. The summed E-state index contributed by atoms with van der Waals surface area (Å²) in [6.45, 7) is 3.96. The molecule has 0 aliphatic rings. The van der Waals surface area contributed by atoms with E-state index in [1.54, 1.807) is 0 Å². The standard InChI is InChI=1S/C20H18N4O2S/c1-15-3-7-17(8-4-15)19-21-11-13-23(19)27(25,26)24-14-12-22-20(24)18-9-5-16(2)6-10-18/h3-14H,1-2H3. The van der Waals surface area contributed by atoms with Crippen molar-refractivity contribution in [1.29, 1.82) is 0 Å². The molecule has 2 aromatic heterocycles. The maximum absolute atomic E-state index is 13.3. The summed E-state index contributed by atoms with van der Waals surface area (Å²) in [4.78, 5) is 8.51. The molecule has 0 radical (unpaired) electrons. The maximum Gasteiger partial charge on any atom is 0.336 e. The monoisotopic (exact) mass is 378 g/mol. The van der Waals surface area contributed by atoms with Crippen LogP contribution in [-0.2, 0) is 10.2 Å². The maximum atomic E-state index is 13.3. The lowest BCUT2D eigenvalue weighted by molar-refractivity contribution is 0.579. The van der Waals surface area contributed by atoms with Gasteiger partial charge >= 0.3 is 10.2 Å². The molecule has 0 fully saturated rings. The van der Waals surface area contributed by atoms with Gasteiger partial charge in [0.05, 0.1) is 0 Å². The first-order valence-corrected chi connectivity index (χ1v) is 9.83. The zero-order valence-electron chi connectivity index (χ0n) is 14.9. The van der Waals surface area contributed by atoms with Crippen molar-refractivity contribution in [2.24, 2.45) is 0 Å². The minimum atomic E-state index is -3.92. The number of imidazole rings is 2. The van der Waals surface area contributed by atoms with E-state index in [0.29, 0.717) is 11.6 Å².